The summed E-state index contributed by atoms with van der Waals surface area (Å²) >= 11 is 0. The van der Waals surface area contributed by atoms with Gasteiger partial charge in [-0.25, -0.2) is 0 Å². The van der Waals surface area contributed by atoms with Crippen molar-refractivity contribution in [2.75, 3.05) is 32.0 Å². The van der Waals surface area contributed by atoms with Crippen molar-refractivity contribution in [3.8, 4) is 0 Å². The summed E-state index contributed by atoms with van der Waals surface area (Å²) in [4.78, 5) is 14.4. The number of hydrogen-bond acceptors (Lipinski definition) is 4. The summed E-state index contributed by atoms with van der Waals surface area (Å²) in [6.45, 7) is 3.15. The van der Waals surface area contributed by atoms with E-state index in [2.05, 4.69) is 0 Å². The predicted molar refractivity (Wildman–Crippen MR) is 98.3 cm³/mol. The second-order valence-electron chi connectivity index (χ2n) is 7.10. The largest absolute Gasteiger partial charge is 0.399 e. The van der Waals surface area contributed by atoms with Crippen molar-refractivity contribution in [3.05, 3.63) is 29.8 Å². The molecule has 1 atom stereocenters. The van der Waals surface area contributed by atoms with Gasteiger partial charge in [0.2, 0.25) is 5.91 Å². The molecule has 5 heteroatoms. The van der Waals surface area contributed by atoms with Gasteiger partial charge in [-0.05, 0) is 50.2 Å². The highest BCUT2D eigenvalue weighted by Crippen LogP contribution is 2.19. The normalized spacial score (nSPS) is 22.1. The van der Waals surface area contributed by atoms with Crippen LogP contribution in [0.5, 0.6) is 0 Å². The number of para-hydroxylation sites is 1. The number of ether oxygens (including phenoxy) is 2. The zero-order valence-electron chi connectivity index (χ0n) is 15.0. The predicted octanol–water partition coefficient (Wildman–Crippen LogP) is 2.78. The van der Waals surface area contributed by atoms with Crippen LogP contribution in [0, 0.1) is 0 Å². The molecule has 2 aliphatic heterocycles. The summed E-state index contributed by atoms with van der Waals surface area (Å²) in [6, 6.07) is 7.77. The van der Waals surface area contributed by atoms with Gasteiger partial charge in [-0.3, -0.25) is 4.79 Å². The molecule has 0 radical (unpaired) electrons. The van der Waals surface area contributed by atoms with E-state index in [0.29, 0.717) is 19.4 Å². The van der Waals surface area contributed by atoms with E-state index in [9.17, 15) is 4.79 Å². The molecule has 1 aromatic carbocycles. The molecule has 2 saturated heterocycles. The van der Waals surface area contributed by atoms with E-state index in [-0.39, 0.29) is 18.1 Å². The van der Waals surface area contributed by atoms with E-state index in [1.54, 1.807) is 0 Å². The molecule has 2 heterocycles. The van der Waals surface area contributed by atoms with E-state index in [4.69, 9.17) is 15.2 Å². The molecule has 1 unspecified atom stereocenters. The van der Waals surface area contributed by atoms with Gasteiger partial charge in [0.05, 0.1) is 18.8 Å². The number of nitrogen functional groups attached to an aromatic ring is 1. The lowest BCUT2D eigenvalue weighted by Crippen LogP contribution is -2.41. The molecule has 0 aliphatic carbocycles. The fourth-order valence-electron chi connectivity index (χ4n) is 3.62. The lowest BCUT2D eigenvalue weighted by Gasteiger charge is -2.33. The Morgan fingerprint density at radius 3 is 2.72 bits per heavy atom. The summed E-state index contributed by atoms with van der Waals surface area (Å²) in [5, 5.41) is 0. The first kappa shape index (κ1) is 18.2. The fourth-order valence-corrected chi connectivity index (χ4v) is 3.62. The Bertz CT molecular complexity index is 550. The van der Waals surface area contributed by atoms with Crippen LogP contribution in [0.2, 0.25) is 0 Å². The van der Waals surface area contributed by atoms with Crippen molar-refractivity contribution in [2.45, 2.75) is 57.2 Å². The van der Waals surface area contributed by atoms with Crippen LogP contribution in [-0.4, -0.2) is 49.3 Å². The van der Waals surface area contributed by atoms with Gasteiger partial charge < -0.3 is 20.1 Å². The zero-order valence-corrected chi connectivity index (χ0v) is 15.0. The van der Waals surface area contributed by atoms with Crippen LogP contribution in [0.4, 0.5) is 5.69 Å². The van der Waals surface area contributed by atoms with Crippen molar-refractivity contribution in [3.63, 3.8) is 0 Å². The molecular formula is C20H30N2O3. The monoisotopic (exact) mass is 346 g/mol. The van der Waals surface area contributed by atoms with E-state index in [0.717, 1.165) is 50.2 Å². The van der Waals surface area contributed by atoms with Crippen LogP contribution in [-0.2, 0) is 20.7 Å². The minimum Gasteiger partial charge on any atom is -0.399 e. The molecule has 1 amide bonds. The Kier molecular flexibility index (Phi) is 6.70. The lowest BCUT2D eigenvalue weighted by molar-refractivity contribution is -0.134. The van der Waals surface area contributed by atoms with Crippen LogP contribution < -0.4 is 5.73 Å². The van der Waals surface area contributed by atoms with Crippen LogP contribution in [0.3, 0.4) is 0 Å². The number of anilines is 1. The maximum atomic E-state index is 12.4. The van der Waals surface area contributed by atoms with Crippen molar-refractivity contribution < 1.29 is 14.3 Å². The number of amides is 1. The number of piperidine rings is 1. The second kappa shape index (κ2) is 9.20. The number of likely N-dealkylation sites (tertiary alicyclic amines) is 1. The SMILES string of the molecule is Nc1ccccc1CCC(=O)N1CCC(OCC2CCCCO2)CC1. The van der Waals surface area contributed by atoms with Gasteiger partial charge in [-0.2, -0.15) is 0 Å². The Morgan fingerprint density at radius 2 is 2.00 bits per heavy atom. The van der Waals surface area contributed by atoms with Gasteiger partial charge in [0.25, 0.3) is 0 Å². The smallest absolute Gasteiger partial charge is 0.222 e. The van der Waals surface area contributed by atoms with Crippen molar-refractivity contribution in [1.29, 1.82) is 0 Å². The van der Waals surface area contributed by atoms with Gasteiger partial charge in [-0.1, -0.05) is 18.2 Å². The number of carbonyl (C=O) groups excluding carboxylic acids is 1. The third kappa shape index (κ3) is 5.44. The first-order valence-electron chi connectivity index (χ1n) is 9.57. The molecule has 3 rings (SSSR count). The zero-order chi connectivity index (χ0) is 17.5. The summed E-state index contributed by atoms with van der Waals surface area (Å²) in [5.41, 5.74) is 7.77. The molecule has 5 nitrogen and oxygen atoms in total. The molecule has 25 heavy (non-hydrogen) atoms. The van der Waals surface area contributed by atoms with Crippen LogP contribution in [0.15, 0.2) is 24.3 Å². The molecule has 2 fully saturated rings. The maximum absolute atomic E-state index is 12.4. The molecule has 0 spiro atoms. The number of hydrogen-bond donors (Lipinski definition) is 1. The average molecular weight is 346 g/mol. The fraction of sp³-hybridized carbons (Fsp3) is 0.650. The van der Waals surface area contributed by atoms with Crippen molar-refractivity contribution in [1.82, 2.24) is 4.90 Å². The minimum absolute atomic E-state index is 0.220. The molecule has 1 aromatic rings. The number of nitrogens with two attached hydrogens (primary N) is 1. The summed E-state index contributed by atoms with van der Waals surface area (Å²) in [5.74, 6) is 0.220. The van der Waals surface area contributed by atoms with Crippen molar-refractivity contribution >= 4 is 11.6 Å². The van der Waals surface area contributed by atoms with E-state index in [1.807, 2.05) is 29.2 Å². The molecule has 138 valence electrons. The number of carbonyl (C=O) groups is 1. The molecule has 0 aromatic heterocycles. The van der Waals surface area contributed by atoms with Crippen LogP contribution in [0.25, 0.3) is 0 Å². The average Bonchev–Trinajstić information content (AvgIpc) is 2.67. The summed E-state index contributed by atoms with van der Waals surface area (Å²) in [7, 11) is 0. The summed E-state index contributed by atoms with van der Waals surface area (Å²) < 4.78 is 11.7. The highest BCUT2D eigenvalue weighted by molar-refractivity contribution is 5.76. The van der Waals surface area contributed by atoms with Gasteiger partial charge in [0.1, 0.15) is 0 Å². The topological polar surface area (TPSA) is 64.8 Å². The first-order chi connectivity index (χ1) is 12.2. The van der Waals surface area contributed by atoms with Gasteiger partial charge in [-0.15, -0.1) is 0 Å². The van der Waals surface area contributed by atoms with Gasteiger partial charge in [0.15, 0.2) is 0 Å². The summed E-state index contributed by atoms with van der Waals surface area (Å²) in [6.07, 6.45) is 7.14. The quantitative estimate of drug-likeness (QED) is 0.805. The van der Waals surface area contributed by atoms with Crippen molar-refractivity contribution in [2.24, 2.45) is 0 Å². The van der Waals surface area contributed by atoms with Crippen LogP contribution in [0.1, 0.15) is 44.1 Å². The molecule has 2 aliphatic rings. The Balaban J connectivity index is 1.35. The van der Waals surface area contributed by atoms with Gasteiger partial charge >= 0.3 is 0 Å². The first-order valence-corrected chi connectivity index (χ1v) is 9.57. The highest BCUT2D eigenvalue weighted by Gasteiger charge is 2.24. The molecular weight excluding hydrogens is 316 g/mol. The minimum atomic E-state index is 0.220. The highest BCUT2D eigenvalue weighted by atomic mass is 16.5. The second-order valence-corrected chi connectivity index (χ2v) is 7.10. The lowest BCUT2D eigenvalue weighted by atomic mass is 10.0. The molecule has 0 bridgehead atoms. The number of aryl methyl sites for hydroxylation is 1. The third-order valence-corrected chi connectivity index (χ3v) is 5.25. The number of rotatable bonds is 6. The van der Waals surface area contributed by atoms with E-state index in [1.165, 1.54) is 12.8 Å². The van der Waals surface area contributed by atoms with E-state index < -0.39 is 0 Å². The number of nitrogens with zero attached hydrogens (tertiary/aromatic N) is 1. The molecule has 0 saturated carbocycles. The third-order valence-electron chi connectivity index (χ3n) is 5.25. The Hall–Kier alpha value is -1.59. The Morgan fingerprint density at radius 1 is 1.20 bits per heavy atom. The maximum Gasteiger partial charge on any atom is 0.222 e. The molecule has 2 N–H and O–H groups in total. The standard InChI is InChI=1S/C20H30N2O3/c21-19-7-2-1-5-16(19)8-9-20(23)22-12-10-17(11-13-22)25-15-18-6-3-4-14-24-18/h1-2,5,7,17-18H,3-4,6,8-15,21H2. The van der Waals surface area contributed by atoms with Crippen LogP contribution >= 0.6 is 0 Å². The Labute approximate surface area is 150 Å². The number of benzene rings is 1. The van der Waals surface area contributed by atoms with E-state index >= 15 is 0 Å². The van der Waals surface area contributed by atoms with Gasteiger partial charge in [0, 0.05) is 31.8 Å².